The average molecular weight is 296 g/mol. The molecule has 0 aliphatic rings. The van der Waals surface area contributed by atoms with Crippen molar-refractivity contribution in [3.8, 4) is 0 Å². The molecule has 0 fully saturated rings. The summed E-state index contributed by atoms with van der Waals surface area (Å²) >= 11 is 0. The van der Waals surface area contributed by atoms with Gasteiger partial charge in [-0.05, 0) is 0 Å². The molecule has 0 atom stereocenters. The number of hydrogen-bond donors (Lipinski definition) is 0. The second-order valence-electron chi connectivity index (χ2n) is 1.000. The summed E-state index contributed by atoms with van der Waals surface area (Å²) < 4.78 is 0. The minimum absolute atomic E-state index is 0. The summed E-state index contributed by atoms with van der Waals surface area (Å²) in [5.74, 6) is 0. The Labute approximate surface area is 57.7 Å². The second kappa shape index (κ2) is 8.90. The summed E-state index contributed by atoms with van der Waals surface area (Å²) in [4.78, 5) is 0. The molecule has 0 saturated carbocycles. The van der Waals surface area contributed by atoms with Gasteiger partial charge in [0.1, 0.15) is 0 Å². The summed E-state index contributed by atoms with van der Waals surface area (Å²) in [5.41, 5.74) is 0. The van der Waals surface area contributed by atoms with Crippen LogP contribution in [-0.2, 0) is 0 Å². The van der Waals surface area contributed by atoms with E-state index in [1.54, 1.807) is 0 Å². The maximum atomic E-state index is 2.18. The molecule has 0 bridgehead atoms. The zero-order chi connectivity index (χ0) is 3.41. The van der Waals surface area contributed by atoms with E-state index in [0.29, 0.717) is 0 Å². The van der Waals surface area contributed by atoms with Gasteiger partial charge in [-0.1, -0.05) is 26.7 Å². The smallest absolute Gasteiger partial charge is 0 e. The third kappa shape index (κ3) is 11.2. The molecule has 0 aliphatic heterocycles. The van der Waals surface area contributed by atoms with Crippen LogP contribution in [-0.4, -0.2) is 0 Å². The molecule has 0 aromatic heterocycles. The quantitative estimate of drug-likeness (QED) is 0.692. The molecule has 0 amide bonds. The van der Waals surface area contributed by atoms with Gasteiger partial charge in [0.15, 0.2) is 0 Å². The molecule has 0 rings (SSSR count). The van der Waals surface area contributed by atoms with E-state index in [0.717, 1.165) is 0 Å². The van der Waals surface area contributed by atoms with Gasteiger partial charge < -0.3 is 0 Å². The fraction of sp³-hybridized carbons (Fsp3) is 1.00. The van der Waals surface area contributed by atoms with Crippen molar-refractivity contribution in [1.29, 1.82) is 0 Å². The molecule has 0 unspecified atom stereocenters. The molecule has 5 heavy (non-hydrogen) atoms. The Morgan fingerprint density at radius 2 is 1.20 bits per heavy atom. The van der Waals surface area contributed by atoms with E-state index in [2.05, 4.69) is 13.8 Å². The van der Waals surface area contributed by atoms with Gasteiger partial charge in [0.25, 0.3) is 0 Å². The molecule has 0 spiro atoms. The van der Waals surface area contributed by atoms with Gasteiger partial charge in [0.2, 0.25) is 0 Å². The van der Waals surface area contributed by atoms with Gasteiger partial charge in [-0.25, -0.2) is 0 Å². The first-order chi connectivity index (χ1) is 1.91. The van der Waals surface area contributed by atoms with Crippen LogP contribution in [0.25, 0.3) is 0 Å². The standard InChI is InChI=1S/C4H10.U/c1-3-4-2;/h3-4H2,1-2H3;. The summed E-state index contributed by atoms with van der Waals surface area (Å²) in [7, 11) is 0. The normalized spacial score (nSPS) is 6.00. The Morgan fingerprint density at radius 1 is 1.00 bits per heavy atom. The molecule has 30 valence electrons. The van der Waals surface area contributed by atoms with Crippen molar-refractivity contribution in [3.63, 3.8) is 0 Å². The Hall–Kier alpha value is 1.05. The van der Waals surface area contributed by atoms with E-state index in [1.807, 2.05) is 0 Å². The maximum Gasteiger partial charge on any atom is 0 e. The van der Waals surface area contributed by atoms with Crippen molar-refractivity contribution < 1.29 is 31.1 Å². The van der Waals surface area contributed by atoms with Crippen LogP contribution < -0.4 is 0 Å². The number of hydrogen-bond acceptors (Lipinski definition) is 0. The first-order valence-corrected chi connectivity index (χ1v) is 1.91. The van der Waals surface area contributed by atoms with Crippen LogP contribution in [0.5, 0.6) is 0 Å². The molecule has 0 radical (unpaired) electrons. The summed E-state index contributed by atoms with van der Waals surface area (Å²) in [6.45, 7) is 4.36. The fourth-order valence-electron chi connectivity index (χ4n) is 0. The van der Waals surface area contributed by atoms with Crippen LogP contribution in [0.15, 0.2) is 0 Å². The van der Waals surface area contributed by atoms with Gasteiger partial charge >= 0.3 is 0 Å². The van der Waals surface area contributed by atoms with Crippen molar-refractivity contribution in [3.05, 3.63) is 0 Å². The molecular weight excluding hydrogens is 286 g/mol. The van der Waals surface area contributed by atoms with E-state index in [1.165, 1.54) is 12.8 Å². The number of unbranched alkanes of at least 4 members (excludes halogenated alkanes) is 1. The largest absolute Gasteiger partial charge is 0.0654 e. The van der Waals surface area contributed by atoms with Crippen LogP contribution in [0.1, 0.15) is 26.7 Å². The van der Waals surface area contributed by atoms with E-state index < -0.39 is 0 Å². The molecule has 0 heterocycles. The third-order valence-electron chi connectivity index (χ3n) is 0.500. The fourth-order valence-corrected chi connectivity index (χ4v) is 0. The summed E-state index contributed by atoms with van der Waals surface area (Å²) in [5, 5.41) is 0. The van der Waals surface area contributed by atoms with Crippen LogP contribution in [0.3, 0.4) is 0 Å². The monoisotopic (exact) mass is 296 g/mol. The van der Waals surface area contributed by atoms with Crippen molar-refractivity contribution in [2.75, 3.05) is 0 Å². The first kappa shape index (κ1) is 9.41. The Balaban J connectivity index is 0. The first-order valence-electron chi connectivity index (χ1n) is 1.91. The van der Waals surface area contributed by atoms with Crippen molar-refractivity contribution in [1.82, 2.24) is 0 Å². The third-order valence-corrected chi connectivity index (χ3v) is 0.500. The van der Waals surface area contributed by atoms with Crippen LogP contribution >= 0.6 is 0 Å². The second-order valence-corrected chi connectivity index (χ2v) is 1.000. The molecule has 0 aromatic carbocycles. The summed E-state index contributed by atoms with van der Waals surface area (Å²) in [6.07, 6.45) is 2.64. The van der Waals surface area contributed by atoms with E-state index >= 15 is 0 Å². The van der Waals surface area contributed by atoms with Gasteiger partial charge in [-0.3, -0.25) is 0 Å². The van der Waals surface area contributed by atoms with Crippen molar-refractivity contribution >= 4 is 0 Å². The number of rotatable bonds is 1. The van der Waals surface area contributed by atoms with Crippen LogP contribution in [0.2, 0.25) is 0 Å². The van der Waals surface area contributed by atoms with Gasteiger partial charge in [0.05, 0.1) is 0 Å². The van der Waals surface area contributed by atoms with Crippen LogP contribution in [0, 0.1) is 31.1 Å². The van der Waals surface area contributed by atoms with Crippen molar-refractivity contribution in [2.45, 2.75) is 26.7 Å². The Morgan fingerprint density at radius 3 is 1.20 bits per heavy atom. The van der Waals surface area contributed by atoms with Gasteiger partial charge in [0, 0.05) is 31.1 Å². The van der Waals surface area contributed by atoms with Gasteiger partial charge in [-0.2, -0.15) is 0 Å². The zero-order valence-electron chi connectivity index (χ0n) is 3.91. The van der Waals surface area contributed by atoms with Crippen LogP contribution in [0.4, 0.5) is 0 Å². The Kier molecular flexibility index (Phi) is 16.8. The maximum absolute atomic E-state index is 2.18. The minimum atomic E-state index is 0. The average Bonchev–Trinajstić information content (AvgIpc) is 1.37. The molecule has 0 saturated heterocycles. The van der Waals surface area contributed by atoms with E-state index in [4.69, 9.17) is 0 Å². The molecule has 0 N–H and O–H groups in total. The summed E-state index contributed by atoms with van der Waals surface area (Å²) in [6, 6.07) is 0. The molecule has 0 aliphatic carbocycles. The molecule has 0 nitrogen and oxygen atoms in total. The topological polar surface area (TPSA) is 0 Å². The SMILES string of the molecule is CCCC.[U]. The van der Waals surface area contributed by atoms with Gasteiger partial charge in [-0.15, -0.1) is 0 Å². The molecular formula is C4H10U. The van der Waals surface area contributed by atoms with E-state index in [9.17, 15) is 0 Å². The molecule has 0 aromatic rings. The van der Waals surface area contributed by atoms with E-state index in [-0.39, 0.29) is 31.1 Å². The molecule has 1 heteroatoms. The Bertz CT molecular complexity index is 5.61. The predicted octanol–water partition coefficient (Wildman–Crippen LogP) is 1.81. The predicted molar refractivity (Wildman–Crippen MR) is 20.6 cm³/mol. The minimum Gasteiger partial charge on any atom is -0.0654 e. The van der Waals surface area contributed by atoms with Crippen molar-refractivity contribution in [2.24, 2.45) is 0 Å². The zero-order valence-corrected chi connectivity index (χ0v) is 8.08.